The number of thioether (sulfide) groups is 1. The van der Waals surface area contributed by atoms with Crippen LogP contribution in [0, 0.1) is 5.41 Å². The summed E-state index contributed by atoms with van der Waals surface area (Å²) >= 11 is 1.64. The largest absolute Gasteiger partial charge is 0.384 e. The Morgan fingerprint density at radius 3 is 2.50 bits per heavy atom. The Balaban J connectivity index is 2.99. The zero-order valence-electron chi connectivity index (χ0n) is 12.9. The number of nitrogens with zero attached hydrogens (tertiary/aromatic N) is 2. The van der Waals surface area contributed by atoms with Gasteiger partial charge in [-0.1, -0.05) is 6.07 Å². The lowest BCUT2D eigenvalue weighted by atomic mass is 10.1. The van der Waals surface area contributed by atoms with E-state index in [1.165, 1.54) is 0 Å². The smallest absolute Gasteiger partial charge is 0.126 e. The second kappa shape index (κ2) is 8.17. The molecule has 112 valence electrons. The maximum Gasteiger partial charge on any atom is 0.126 e. The number of hydrogen-bond acceptors (Lipinski definition) is 4. The molecule has 0 saturated heterocycles. The lowest BCUT2D eigenvalue weighted by Crippen LogP contribution is -2.29. The Morgan fingerprint density at radius 2 is 2.00 bits per heavy atom. The van der Waals surface area contributed by atoms with Gasteiger partial charge in [0.1, 0.15) is 5.84 Å². The number of anilines is 1. The van der Waals surface area contributed by atoms with E-state index in [1.54, 1.807) is 11.8 Å². The average Bonchev–Trinajstić information content (AvgIpc) is 2.42. The van der Waals surface area contributed by atoms with E-state index in [0.717, 1.165) is 42.2 Å². The summed E-state index contributed by atoms with van der Waals surface area (Å²) < 4.78 is 0. The molecular formula is C15H26N4S. The van der Waals surface area contributed by atoms with Crippen molar-refractivity contribution in [3.05, 3.63) is 23.8 Å². The van der Waals surface area contributed by atoms with Crippen LogP contribution in [0.1, 0.15) is 18.9 Å². The van der Waals surface area contributed by atoms with Gasteiger partial charge in [0.25, 0.3) is 0 Å². The van der Waals surface area contributed by atoms with Gasteiger partial charge in [-0.3, -0.25) is 5.41 Å². The lowest BCUT2D eigenvalue weighted by Gasteiger charge is -2.27. The van der Waals surface area contributed by atoms with Crippen LogP contribution >= 0.6 is 11.8 Å². The molecule has 0 spiro atoms. The number of amidine groups is 1. The third kappa shape index (κ3) is 4.42. The zero-order valence-corrected chi connectivity index (χ0v) is 13.8. The summed E-state index contributed by atoms with van der Waals surface area (Å²) in [6, 6.07) is 6.14. The van der Waals surface area contributed by atoms with Gasteiger partial charge >= 0.3 is 0 Å². The van der Waals surface area contributed by atoms with Crippen molar-refractivity contribution in [2.24, 2.45) is 5.73 Å². The topological polar surface area (TPSA) is 56.4 Å². The van der Waals surface area contributed by atoms with Crippen LogP contribution < -0.4 is 10.6 Å². The van der Waals surface area contributed by atoms with Crippen molar-refractivity contribution in [3.8, 4) is 0 Å². The minimum Gasteiger partial charge on any atom is -0.384 e. The monoisotopic (exact) mass is 294 g/mol. The standard InChI is InChI=1S/C15H26N4S/c1-5-19(11-7-10-18(2)3)12-8-6-9-13(20-4)14(12)15(16)17/h6,8-9H,5,7,10-11H2,1-4H3,(H3,16,17). The van der Waals surface area contributed by atoms with Gasteiger partial charge < -0.3 is 15.5 Å². The van der Waals surface area contributed by atoms with E-state index in [0.29, 0.717) is 0 Å². The molecule has 0 saturated carbocycles. The van der Waals surface area contributed by atoms with Gasteiger partial charge in [0.15, 0.2) is 0 Å². The fourth-order valence-electron chi connectivity index (χ4n) is 2.25. The second-order valence-electron chi connectivity index (χ2n) is 5.00. The molecule has 1 rings (SSSR count). The quantitative estimate of drug-likeness (QED) is 0.439. The van der Waals surface area contributed by atoms with Gasteiger partial charge in [-0.15, -0.1) is 11.8 Å². The van der Waals surface area contributed by atoms with Crippen molar-refractivity contribution in [1.82, 2.24) is 4.90 Å². The Hall–Kier alpha value is -1.20. The normalized spacial score (nSPS) is 10.8. The van der Waals surface area contributed by atoms with Gasteiger partial charge in [0.05, 0.1) is 5.56 Å². The first-order chi connectivity index (χ1) is 9.51. The van der Waals surface area contributed by atoms with Crippen LogP contribution in [0.4, 0.5) is 5.69 Å². The van der Waals surface area contributed by atoms with Crippen molar-refractivity contribution in [3.63, 3.8) is 0 Å². The summed E-state index contributed by atoms with van der Waals surface area (Å²) in [6.45, 7) is 5.11. The molecule has 0 atom stereocenters. The maximum absolute atomic E-state index is 7.86. The van der Waals surface area contributed by atoms with Crippen molar-refractivity contribution >= 4 is 23.3 Å². The van der Waals surface area contributed by atoms with Crippen LogP contribution in [0.25, 0.3) is 0 Å². The van der Waals surface area contributed by atoms with Crippen LogP contribution in [-0.4, -0.2) is 50.7 Å². The third-order valence-electron chi connectivity index (χ3n) is 3.25. The fourth-order valence-corrected chi connectivity index (χ4v) is 2.88. The summed E-state index contributed by atoms with van der Waals surface area (Å²) in [5, 5.41) is 7.86. The molecular weight excluding hydrogens is 268 g/mol. The molecule has 0 unspecified atom stereocenters. The highest BCUT2D eigenvalue weighted by Gasteiger charge is 2.15. The van der Waals surface area contributed by atoms with E-state index in [2.05, 4.69) is 36.9 Å². The molecule has 1 aromatic carbocycles. The molecule has 20 heavy (non-hydrogen) atoms. The molecule has 3 N–H and O–H groups in total. The minimum absolute atomic E-state index is 0.149. The molecule has 0 heterocycles. The summed E-state index contributed by atoms with van der Waals surface area (Å²) in [5.74, 6) is 0.149. The molecule has 0 aliphatic heterocycles. The Bertz CT molecular complexity index is 445. The number of hydrogen-bond donors (Lipinski definition) is 2. The van der Waals surface area contributed by atoms with Crippen molar-refractivity contribution < 1.29 is 0 Å². The van der Waals surface area contributed by atoms with Crippen LogP contribution in [0.3, 0.4) is 0 Å². The SMILES string of the molecule is CCN(CCCN(C)C)c1cccc(SC)c1C(=N)N. The van der Waals surface area contributed by atoms with Crippen LogP contribution in [0.2, 0.25) is 0 Å². The van der Waals surface area contributed by atoms with Crippen molar-refractivity contribution in [2.45, 2.75) is 18.2 Å². The first-order valence-corrected chi connectivity index (χ1v) is 8.14. The van der Waals surface area contributed by atoms with E-state index < -0.39 is 0 Å². The summed E-state index contributed by atoms with van der Waals surface area (Å²) in [4.78, 5) is 5.57. The van der Waals surface area contributed by atoms with Crippen LogP contribution in [0.15, 0.2) is 23.1 Å². The molecule has 0 amide bonds. The fraction of sp³-hybridized carbons (Fsp3) is 0.533. The highest BCUT2D eigenvalue weighted by Crippen LogP contribution is 2.29. The average molecular weight is 294 g/mol. The van der Waals surface area contributed by atoms with Gasteiger partial charge in [-0.2, -0.15) is 0 Å². The Kier molecular flexibility index (Phi) is 6.88. The number of nitrogens with two attached hydrogens (primary N) is 1. The van der Waals surface area contributed by atoms with E-state index in [-0.39, 0.29) is 5.84 Å². The number of nitrogen functional groups attached to an aromatic ring is 1. The number of benzene rings is 1. The highest BCUT2D eigenvalue weighted by atomic mass is 32.2. The summed E-state index contributed by atoms with van der Waals surface area (Å²) in [5.41, 5.74) is 7.74. The first-order valence-electron chi connectivity index (χ1n) is 6.92. The van der Waals surface area contributed by atoms with Crippen LogP contribution in [-0.2, 0) is 0 Å². The molecule has 0 fully saturated rings. The van der Waals surface area contributed by atoms with Gasteiger partial charge in [0, 0.05) is 23.7 Å². The zero-order chi connectivity index (χ0) is 15.1. The highest BCUT2D eigenvalue weighted by molar-refractivity contribution is 7.98. The van der Waals surface area contributed by atoms with E-state index in [1.807, 2.05) is 18.4 Å². The lowest BCUT2D eigenvalue weighted by molar-refractivity contribution is 0.400. The van der Waals surface area contributed by atoms with Crippen molar-refractivity contribution in [2.75, 3.05) is 44.9 Å². The predicted molar refractivity (Wildman–Crippen MR) is 90.3 cm³/mol. The Morgan fingerprint density at radius 1 is 1.30 bits per heavy atom. The third-order valence-corrected chi connectivity index (χ3v) is 4.03. The van der Waals surface area contributed by atoms with E-state index >= 15 is 0 Å². The molecule has 5 heteroatoms. The molecule has 1 aromatic rings. The maximum atomic E-state index is 7.86. The van der Waals surface area contributed by atoms with E-state index in [9.17, 15) is 0 Å². The summed E-state index contributed by atoms with van der Waals surface area (Å²) in [7, 11) is 4.18. The molecule has 4 nitrogen and oxygen atoms in total. The number of rotatable bonds is 8. The van der Waals surface area contributed by atoms with Crippen molar-refractivity contribution in [1.29, 1.82) is 5.41 Å². The molecule has 0 aliphatic carbocycles. The van der Waals surface area contributed by atoms with Crippen LogP contribution in [0.5, 0.6) is 0 Å². The second-order valence-corrected chi connectivity index (χ2v) is 5.85. The van der Waals surface area contributed by atoms with Gasteiger partial charge in [-0.25, -0.2) is 0 Å². The van der Waals surface area contributed by atoms with E-state index in [4.69, 9.17) is 11.1 Å². The number of nitrogens with one attached hydrogen (secondary N) is 1. The predicted octanol–water partition coefficient (Wildman–Crippen LogP) is 2.47. The molecule has 0 radical (unpaired) electrons. The Labute approximate surface area is 126 Å². The molecule has 0 bridgehead atoms. The van der Waals surface area contributed by atoms with Gasteiger partial charge in [-0.05, 0) is 52.4 Å². The first kappa shape index (κ1) is 16.9. The molecule has 0 aromatic heterocycles. The minimum atomic E-state index is 0.149. The molecule has 0 aliphatic rings. The summed E-state index contributed by atoms with van der Waals surface area (Å²) in [6.07, 6.45) is 3.12. The van der Waals surface area contributed by atoms with Gasteiger partial charge in [0.2, 0.25) is 0 Å².